The number of esters is 1. The lowest BCUT2D eigenvalue weighted by Crippen LogP contribution is -2.49. The lowest BCUT2D eigenvalue weighted by atomic mass is 10.2. The van der Waals surface area contributed by atoms with E-state index in [1.165, 1.54) is 6.08 Å². The van der Waals surface area contributed by atoms with Crippen LogP contribution in [-0.4, -0.2) is 77.9 Å². The molecule has 30 heavy (non-hydrogen) atoms. The van der Waals surface area contributed by atoms with Crippen molar-refractivity contribution in [2.45, 2.75) is 25.8 Å². The number of nitrogens with one attached hydrogen (secondary N) is 1. The molecule has 1 aromatic carbocycles. The van der Waals surface area contributed by atoms with E-state index >= 15 is 0 Å². The van der Waals surface area contributed by atoms with Gasteiger partial charge in [-0.2, -0.15) is 11.8 Å². The number of carbonyl (C=O) groups excluding carboxylic acids is 3. The summed E-state index contributed by atoms with van der Waals surface area (Å²) in [5.41, 5.74) is 1.52. The fourth-order valence-electron chi connectivity index (χ4n) is 3.71. The molecule has 7 nitrogen and oxygen atoms in total. The van der Waals surface area contributed by atoms with E-state index < -0.39 is 0 Å². The third kappa shape index (κ3) is 6.34. The van der Waals surface area contributed by atoms with Crippen molar-refractivity contribution >= 4 is 41.3 Å². The molecule has 3 rings (SSSR count). The average Bonchev–Trinajstić information content (AvgIpc) is 3.21. The van der Waals surface area contributed by atoms with E-state index in [4.69, 9.17) is 4.74 Å². The van der Waals surface area contributed by atoms with E-state index in [0.29, 0.717) is 12.3 Å². The second-order valence-electron chi connectivity index (χ2n) is 7.32. The second kappa shape index (κ2) is 11.2. The van der Waals surface area contributed by atoms with Crippen molar-refractivity contribution in [3.05, 3.63) is 35.9 Å². The molecule has 2 fully saturated rings. The van der Waals surface area contributed by atoms with E-state index in [9.17, 15) is 14.4 Å². The van der Waals surface area contributed by atoms with Crippen molar-refractivity contribution in [3.63, 3.8) is 0 Å². The van der Waals surface area contributed by atoms with Crippen LogP contribution < -0.4 is 5.32 Å². The van der Waals surface area contributed by atoms with Crippen LogP contribution in [0.25, 0.3) is 6.08 Å². The molecule has 0 aliphatic carbocycles. The molecule has 0 saturated carbocycles. The van der Waals surface area contributed by atoms with E-state index in [1.54, 1.807) is 25.1 Å². The van der Waals surface area contributed by atoms with Crippen LogP contribution >= 0.6 is 11.8 Å². The van der Waals surface area contributed by atoms with E-state index in [-0.39, 0.29) is 30.4 Å². The summed E-state index contributed by atoms with van der Waals surface area (Å²) in [5.74, 6) is 1.64. The van der Waals surface area contributed by atoms with Crippen LogP contribution in [0.1, 0.15) is 25.3 Å². The zero-order valence-electron chi connectivity index (χ0n) is 17.3. The summed E-state index contributed by atoms with van der Waals surface area (Å²) < 4.78 is 4.85. The predicted octanol–water partition coefficient (Wildman–Crippen LogP) is 2.24. The van der Waals surface area contributed by atoms with Gasteiger partial charge in [-0.15, -0.1) is 0 Å². The van der Waals surface area contributed by atoms with Gasteiger partial charge in [0.25, 0.3) is 0 Å². The van der Waals surface area contributed by atoms with Gasteiger partial charge in [0.1, 0.15) is 0 Å². The minimum absolute atomic E-state index is 0.126. The first-order valence-electron chi connectivity index (χ1n) is 10.4. The normalized spacial score (nSPS) is 19.8. The molecule has 2 aliphatic heterocycles. The first-order chi connectivity index (χ1) is 14.6. The van der Waals surface area contributed by atoms with Crippen molar-refractivity contribution in [2.75, 3.05) is 49.6 Å². The summed E-state index contributed by atoms with van der Waals surface area (Å²) in [6, 6.07) is 7.04. The largest absolute Gasteiger partial charge is 0.463 e. The molecular weight excluding hydrogens is 402 g/mol. The second-order valence-corrected chi connectivity index (χ2v) is 8.55. The minimum atomic E-state index is -0.382. The van der Waals surface area contributed by atoms with Gasteiger partial charge in [0, 0.05) is 36.4 Å². The third-order valence-corrected chi connectivity index (χ3v) is 6.15. The molecule has 2 saturated heterocycles. The molecule has 2 heterocycles. The van der Waals surface area contributed by atoms with Gasteiger partial charge in [-0.25, -0.2) is 4.79 Å². The Kier molecular flexibility index (Phi) is 8.33. The van der Waals surface area contributed by atoms with Gasteiger partial charge >= 0.3 is 5.97 Å². The van der Waals surface area contributed by atoms with Crippen LogP contribution in [0.2, 0.25) is 0 Å². The highest BCUT2D eigenvalue weighted by Crippen LogP contribution is 2.21. The molecule has 0 bridgehead atoms. The number of ether oxygens (including phenoxy) is 1. The maximum absolute atomic E-state index is 12.8. The number of likely N-dealkylation sites (tertiary alicyclic amines) is 1. The highest BCUT2D eigenvalue weighted by molar-refractivity contribution is 7.99. The predicted molar refractivity (Wildman–Crippen MR) is 119 cm³/mol. The SMILES string of the molecule is CCOC(=O)/C=C/c1ccc(NC(=O)CN2CCCC2C(=O)N2CCSCC2)cc1. The Morgan fingerprint density at radius 2 is 1.90 bits per heavy atom. The van der Waals surface area contributed by atoms with E-state index in [1.807, 2.05) is 33.7 Å². The fourth-order valence-corrected chi connectivity index (χ4v) is 4.61. The summed E-state index contributed by atoms with van der Waals surface area (Å²) in [6.07, 6.45) is 4.80. The topological polar surface area (TPSA) is 79.0 Å². The molecule has 2 aliphatic rings. The fraction of sp³-hybridized carbons (Fsp3) is 0.500. The smallest absolute Gasteiger partial charge is 0.330 e. The molecule has 1 atom stereocenters. The molecular formula is C22H29N3O4S. The standard InChI is InChI=1S/C22H29N3O4S/c1-2-29-21(27)10-7-17-5-8-18(9-6-17)23-20(26)16-25-11-3-4-19(25)22(28)24-12-14-30-15-13-24/h5-10,19H,2-4,11-16H2,1H3,(H,23,26)/b10-7+. The molecule has 1 aromatic rings. The number of rotatable bonds is 7. The number of thioether (sulfide) groups is 1. The van der Waals surface area contributed by atoms with E-state index in [2.05, 4.69) is 5.32 Å². The summed E-state index contributed by atoms with van der Waals surface area (Å²) in [5, 5.41) is 2.90. The highest BCUT2D eigenvalue weighted by atomic mass is 32.2. The maximum atomic E-state index is 12.8. The van der Waals surface area contributed by atoms with Gasteiger partial charge in [-0.05, 0) is 50.1 Å². The number of hydrogen-bond acceptors (Lipinski definition) is 6. The van der Waals surface area contributed by atoms with Gasteiger partial charge in [-0.3, -0.25) is 14.5 Å². The first kappa shape index (κ1) is 22.4. The Labute approximate surface area is 181 Å². The first-order valence-corrected chi connectivity index (χ1v) is 11.6. The minimum Gasteiger partial charge on any atom is -0.463 e. The Bertz CT molecular complexity index is 775. The number of benzene rings is 1. The quantitative estimate of drug-likeness (QED) is 0.527. The Hall–Kier alpha value is -2.32. The number of anilines is 1. The van der Waals surface area contributed by atoms with Crippen LogP contribution in [0, 0.1) is 0 Å². The van der Waals surface area contributed by atoms with Gasteiger partial charge < -0.3 is 15.0 Å². The van der Waals surface area contributed by atoms with Gasteiger partial charge in [-0.1, -0.05) is 12.1 Å². The zero-order chi connectivity index (χ0) is 21.3. The van der Waals surface area contributed by atoms with Gasteiger partial charge in [0.05, 0.1) is 19.2 Å². The molecule has 1 unspecified atom stereocenters. The van der Waals surface area contributed by atoms with Crippen molar-refractivity contribution in [2.24, 2.45) is 0 Å². The van der Waals surface area contributed by atoms with Crippen molar-refractivity contribution in [1.82, 2.24) is 9.80 Å². The number of carbonyl (C=O) groups is 3. The van der Waals surface area contributed by atoms with Gasteiger partial charge in [0.15, 0.2) is 0 Å². The molecule has 1 N–H and O–H groups in total. The Morgan fingerprint density at radius 1 is 1.17 bits per heavy atom. The molecule has 2 amide bonds. The lowest BCUT2D eigenvalue weighted by Gasteiger charge is -2.32. The lowest BCUT2D eigenvalue weighted by molar-refractivity contribution is -0.137. The summed E-state index contributed by atoms with van der Waals surface area (Å²) in [4.78, 5) is 40.7. The zero-order valence-corrected chi connectivity index (χ0v) is 18.2. The van der Waals surface area contributed by atoms with Crippen LogP contribution in [0.3, 0.4) is 0 Å². The molecule has 0 radical (unpaired) electrons. The number of hydrogen-bond donors (Lipinski definition) is 1. The monoisotopic (exact) mass is 431 g/mol. The summed E-state index contributed by atoms with van der Waals surface area (Å²) in [6.45, 7) is 4.69. The van der Waals surface area contributed by atoms with Crippen LogP contribution in [0.5, 0.6) is 0 Å². The van der Waals surface area contributed by atoms with E-state index in [0.717, 1.165) is 49.5 Å². The van der Waals surface area contributed by atoms with Gasteiger partial charge in [0.2, 0.25) is 11.8 Å². The Balaban J connectivity index is 1.50. The number of amides is 2. The number of nitrogens with zero attached hydrogens (tertiary/aromatic N) is 2. The maximum Gasteiger partial charge on any atom is 0.330 e. The van der Waals surface area contributed by atoms with Crippen molar-refractivity contribution < 1.29 is 19.1 Å². The molecule has 8 heteroatoms. The average molecular weight is 432 g/mol. The third-order valence-electron chi connectivity index (χ3n) is 5.21. The van der Waals surface area contributed by atoms with Crippen LogP contribution in [0.4, 0.5) is 5.69 Å². The summed E-state index contributed by atoms with van der Waals surface area (Å²) in [7, 11) is 0. The molecule has 0 spiro atoms. The molecule has 162 valence electrons. The molecule has 0 aromatic heterocycles. The van der Waals surface area contributed by atoms with Crippen LogP contribution in [-0.2, 0) is 19.1 Å². The highest BCUT2D eigenvalue weighted by Gasteiger charge is 2.34. The van der Waals surface area contributed by atoms with Crippen molar-refractivity contribution in [3.8, 4) is 0 Å². The van der Waals surface area contributed by atoms with Crippen LogP contribution in [0.15, 0.2) is 30.3 Å². The van der Waals surface area contributed by atoms with Crippen molar-refractivity contribution in [1.29, 1.82) is 0 Å². The Morgan fingerprint density at radius 3 is 2.60 bits per heavy atom. The summed E-state index contributed by atoms with van der Waals surface area (Å²) >= 11 is 1.88.